The number of aromatic nitrogens is 1. The molecule has 0 radical (unpaired) electrons. The summed E-state index contributed by atoms with van der Waals surface area (Å²) in [7, 11) is 0. The molecule has 112 valence electrons. The average Bonchev–Trinajstić information content (AvgIpc) is 2.41. The summed E-state index contributed by atoms with van der Waals surface area (Å²) < 4.78 is 6.07. The lowest BCUT2D eigenvalue weighted by atomic mass is 10.1. The maximum atomic E-state index is 6.07. The van der Waals surface area contributed by atoms with Gasteiger partial charge in [0.2, 0.25) is 5.88 Å². The Morgan fingerprint density at radius 3 is 2.38 bits per heavy atom. The predicted octanol–water partition coefficient (Wildman–Crippen LogP) is 4.00. The zero-order chi connectivity index (χ0) is 15.6. The molecule has 3 nitrogen and oxygen atoms in total. The zero-order valence-electron chi connectivity index (χ0n) is 13.5. The van der Waals surface area contributed by atoms with Crippen LogP contribution in [-0.2, 0) is 6.42 Å². The van der Waals surface area contributed by atoms with Crippen molar-refractivity contribution in [1.29, 1.82) is 0 Å². The normalized spacial score (nSPS) is 12.3. The topological polar surface area (TPSA) is 48.1 Å². The third-order valence-corrected chi connectivity index (χ3v) is 3.72. The third kappa shape index (κ3) is 3.61. The van der Waals surface area contributed by atoms with E-state index in [1.54, 1.807) is 0 Å². The fourth-order valence-electron chi connectivity index (χ4n) is 2.39. The summed E-state index contributed by atoms with van der Waals surface area (Å²) in [6, 6.07) is 6.44. The van der Waals surface area contributed by atoms with Crippen LogP contribution < -0.4 is 10.5 Å². The molecule has 0 aliphatic rings. The van der Waals surface area contributed by atoms with E-state index >= 15 is 0 Å². The minimum atomic E-state index is 0.138. The van der Waals surface area contributed by atoms with Crippen molar-refractivity contribution in [1.82, 2.24) is 4.98 Å². The Balaban J connectivity index is 2.30. The first-order valence-corrected chi connectivity index (χ1v) is 7.34. The number of nitrogens with zero attached hydrogens (tertiary/aromatic N) is 1. The molecule has 0 saturated carbocycles. The Morgan fingerprint density at radius 2 is 1.76 bits per heavy atom. The zero-order valence-corrected chi connectivity index (χ0v) is 13.5. The average molecular weight is 284 g/mol. The van der Waals surface area contributed by atoms with Gasteiger partial charge >= 0.3 is 0 Å². The summed E-state index contributed by atoms with van der Waals surface area (Å²) in [6.45, 7) is 10.2. The summed E-state index contributed by atoms with van der Waals surface area (Å²) in [5, 5.41) is 0. The van der Waals surface area contributed by atoms with Crippen LogP contribution in [0.3, 0.4) is 0 Å². The summed E-state index contributed by atoms with van der Waals surface area (Å²) in [5.41, 5.74) is 11.5. The van der Waals surface area contributed by atoms with Crippen molar-refractivity contribution in [2.45, 2.75) is 47.1 Å². The number of pyridine rings is 1. The highest BCUT2D eigenvalue weighted by atomic mass is 16.5. The number of ether oxygens (including phenoxy) is 1. The molecule has 0 aliphatic carbocycles. The van der Waals surface area contributed by atoms with Crippen LogP contribution in [0.4, 0.5) is 0 Å². The van der Waals surface area contributed by atoms with Gasteiger partial charge in [0, 0.05) is 17.8 Å². The van der Waals surface area contributed by atoms with Gasteiger partial charge in [-0.05, 0) is 69.4 Å². The van der Waals surface area contributed by atoms with Crippen LogP contribution in [0.25, 0.3) is 0 Å². The van der Waals surface area contributed by atoms with Crippen LogP contribution in [-0.4, -0.2) is 11.0 Å². The molecule has 2 aromatic rings. The Bertz CT molecular complexity index is 648. The largest absolute Gasteiger partial charge is 0.438 e. The molecule has 0 spiro atoms. The van der Waals surface area contributed by atoms with Crippen molar-refractivity contribution in [3.8, 4) is 11.6 Å². The first-order chi connectivity index (χ1) is 9.88. The van der Waals surface area contributed by atoms with E-state index in [0.29, 0.717) is 5.88 Å². The van der Waals surface area contributed by atoms with Gasteiger partial charge in [0.1, 0.15) is 5.75 Å². The highest BCUT2D eigenvalue weighted by molar-refractivity contribution is 5.47. The van der Waals surface area contributed by atoms with Crippen molar-refractivity contribution in [3.05, 3.63) is 52.2 Å². The molecule has 0 fully saturated rings. The third-order valence-electron chi connectivity index (χ3n) is 3.72. The van der Waals surface area contributed by atoms with Gasteiger partial charge in [0.15, 0.2) is 0 Å². The van der Waals surface area contributed by atoms with Crippen molar-refractivity contribution in [2.75, 3.05) is 0 Å². The van der Waals surface area contributed by atoms with Gasteiger partial charge in [-0.2, -0.15) is 0 Å². The fraction of sp³-hybridized carbons (Fsp3) is 0.389. The van der Waals surface area contributed by atoms with Gasteiger partial charge in [0.05, 0.1) is 0 Å². The second kappa shape index (κ2) is 6.27. The van der Waals surface area contributed by atoms with E-state index in [1.165, 1.54) is 5.56 Å². The first-order valence-electron chi connectivity index (χ1n) is 7.34. The molecule has 1 atom stereocenters. The number of benzene rings is 1. The number of rotatable bonds is 4. The van der Waals surface area contributed by atoms with Crippen LogP contribution >= 0.6 is 0 Å². The van der Waals surface area contributed by atoms with Crippen LogP contribution in [0, 0.1) is 27.7 Å². The van der Waals surface area contributed by atoms with E-state index in [1.807, 2.05) is 20.0 Å². The summed E-state index contributed by atoms with van der Waals surface area (Å²) in [4.78, 5) is 4.46. The number of aryl methyl sites for hydroxylation is 3. The molecular formula is C18H24N2O. The summed E-state index contributed by atoms with van der Waals surface area (Å²) >= 11 is 0. The van der Waals surface area contributed by atoms with E-state index in [0.717, 1.165) is 34.4 Å². The second-order valence-electron chi connectivity index (χ2n) is 5.90. The molecule has 1 unspecified atom stereocenters. The monoisotopic (exact) mass is 284 g/mol. The lowest BCUT2D eigenvalue weighted by Crippen LogP contribution is -2.17. The Morgan fingerprint density at radius 1 is 1.10 bits per heavy atom. The standard InChI is InChI=1S/C18H24N2O/c1-11-6-7-12(2)17(15(11)5)21-18-13(3)8-16(10-20-18)9-14(4)19/h6-8,10,14H,9,19H2,1-5H3. The lowest BCUT2D eigenvalue weighted by Gasteiger charge is -2.15. The molecule has 1 aromatic carbocycles. The molecule has 0 aliphatic heterocycles. The van der Waals surface area contributed by atoms with E-state index < -0.39 is 0 Å². The van der Waals surface area contributed by atoms with E-state index in [2.05, 4.69) is 44.0 Å². The maximum absolute atomic E-state index is 6.07. The fourth-order valence-corrected chi connectivity index (χ4v) is 2.39. The van der Waals surface area contributed by atoms with Gasteiger partial charge in [-0.25, -0.2) is 4.98 Å². The van der Waals surface area contributed by atoms with Crippen molar-refractivity contribution in [2.24, 2.45) is 5.73 Å². The number of hydrogen-bond donors (Lipinski definition) is 1. The molecule has 21 heavy (non-hydrogen) atoms. The lowest BCUT2D eigenvalue weighted by molar-refractivity contribution is 0.451. The molecular weight excluding hydrogens is 260 g/mol. The summed E-state index contributed by atoms with van der Waals surface area (Å²) in [5.74, 6) is 1.57. The SMILES string of the molecule is Cc1cc(CC(C)N)cnc1Oc1c(C)ccc(C)c1C. The second-order valence-corrected chi connectivity index (χ2v) is 5.90. The van der Waals surface area contributed by atoms with Crippen LogP contribution in [0.1, 0.15) is 34.7 Å². The molecule has 2 rings (SSSR count). The van der Waals surface area contributed by atoms with Crippen molar-refractivity contribution >= 4 is 0 Å². The molecule has 0 saturated heterocycles. The van der Waals surface area contributed by atoms with Crippen LogP contribution in [0.15, 0.2) is 24.4 Å². The van der Waals surface area contributed by atoms with E-state index in [4.69, 9.17) is 10.5 Å². The minimum absolute atomic E-state index is 0.138. The van der Waals surface area contributed by atoms with E-state index in [9.17, 15) is 0 Å². The van der Waals surface area contributed by atoms with Gasteiger partial charge in [0.25, 0.3) is 0 Å². The van der Waals surface area contributed by atoms with Gasteiger partial charge in [-0.1, -0.05) is 12.1 Å². The molecule has 0 bridgehead atoms. The smallest absolute Gasteiger partial charge is 0.222 e. The minimum Gasteiger partial charge on any atom is -0.438 e. The van der Waals surface area contributed by atoms with Gasteiger partial charge in [-0.15, -0.1) is 0 Å². The first kappa shape index (κ1) is 15.5. The predicted molar refractivity (Wildman–Crippen MR) is 87.1 cm³/mol. The van der Waals surface area contributed by atoms with Gasteiger partial charge < -0.3 is 10.5 Å². The van der Waals surface area contributed by atoms with Crippen molar-refractivity contribution in [3.63, 3.8) is 0 Å². The van der Waals surface area contributed by atoms with Crippen molar-refractivity contribution < 1.29 is 4.74 Å². The Kier molecular flexibility index (Phi) is 4.63. The molecule has 3 heteroatoms. The highest BCUT2D eigenvalue weighted by Gasteiger charge is 2.11. The Labute approximate surface area is 127 Å². The van der Waals surface area contributed by atoms with E-state index in [-0.39, 0.29) is 6.04 Å². The number of hydrogen-bond acceptors (Lipinski definition) is 3. The highest BCUT2D eigenvalue weighted by Crippen LogP contribution is 2.31. The van der Waals surface area contributed by atoms with Gasteiger partial charge in [-0.3, -0.25) is 0 Å². The molecule has 1 heterocycles. The number of nitrogens with two attached hydrogens (primary N) is 1. The quantitative estimate of drug-likeness (QED) is 0.923. The maximum Gasteiger partial charge on any atom is 0.222 e. The molecule has 0 amide bonds. The molecule has 2 N–H and O–H groups in total. The van der Waals surface area contributed by atoms with Crippen LogP contribution in [0.2, 0.25) is 0 Å². The van der Waals surface area contributed by atoms with Crippen LogP contribution in [0.5, 0.6) is 11.6 Å². The Hall–Kier alpha value is -1.87. The molecule has 1 aromatic heterocycles. The summed E-state index contributed by atoms with van der Waals surface area (Å²) in [6.07, 6.45) is 2.68.